The van der Waals surface area contributed by atoms with Crippen LogP contribution >= 0.6 is 0 Å². The molecule has 0 saturated carbocycles. The number of hydrogen-bond donors (Lipinski definition) is 1. The largest absolute Gasteiger partial charge is 0.215 e. The second-order valence-electron chi connectivity index (χ2n) is 3.50. The predicted molar refractivity (Wildman–Crippen MR) is 66.5 cm³/mol. The monoisotopic (exact) mass is 239 g/mol. The fourth-order valence-corrected chi connectivity index (χ4v) is 2.47. The highest BCUT2D eigenvalue weighted by Crippen LogP contribution is 2.03. The quantitative estimate of drug-likeness (QED) is 0.610. The molecule has 0 aliphatic rings. The van der Waals surface area contributed by atoms with Crippen LogP contribution in [-0.4, -0.2) is 15.0 Å². The molecule has 1 aromatic carbocycles. The number of nitrogens with one attached hydrogen (secondary N) is 1. The molecule has 16 heavy (non-hydrogen) atoms. The lowest BCUT2D eigenvalue weighted by Gasteiger charge is -2.05. The van der Waals surface area contributed by atoms with Crippen LogP contribution in [0.15, 0.2) is 42.5 Å². The van der Waals surface area contributed by atoms with Crippen LogP contribution in [-0.2, 0) is 15.8 Å². The van der Waals surface area contributed by atoms with E-state index in [-0.39, 0.29) is 5.75 Å². The molecule has 0 spiro atoms. The van der Waals surface area contributed by atoms with Crippen LogP contribution in [0.5, 0.6) is 0 Å². The van der Waals surface area contributed by atoms with Gasteiger partial charge in [-0.1, -0.05) is 42.5 Å². The van der Waals surface area contributed by atoms with Crippen molar-refractivity contribution in [2.45, 2.75) is 19.1 Å². The van der Waals surface area contributed by atoms with Crippen molar-refractivity contribution in [3.05, 3.63) is 48.0 Å². The summed E-state index contributed by atoms with van der Waals surface area (Å²) in [5.74, 6) is 0.0453. The zero-order chi connectivity index (χ0) is 11.9. The van der Waals surface area contributed by atoms with Crippen molar-refractivity contribution in [1.29, 1.82) is 0 Å². The van der Waals surface area contributed by atoms with E-state index in [2.05, 4.69) is 4.72 Å². The molecule has 4 heteroatoms. The summed E-state index contributed by atoms with van der Waals surface area (Å²) in [4.78, 5) is 0. The van der Waals surface area contributed by atoms with Crippen molar-refractivity contribution in [1.82, 2.24) is 4.72 Å². The van der Waals surface area contributed by atoms with Gasteiger partial charge in [-0.2, -0.15) is 0 Å². The first-order valence-electron chi connectivity index (χ1n) is 5.26. The van der Waals surface area contributed by atoms with Crippen LogP contribution in [0.25, 0.3) is 0 Å². The Bertz CT molecular complexity index is 424. The Labute approximate surface area is 97.2 Å². The summed E-state index contributed by atoms with van der Waals surface area (Å²) in [5, 5.41) is 0. The minimum absolute atomic E-state index is 0.0453. The highest BCUT2D eigenvalue weighted by molar-refractivity contribution is 7.88. The Morgan fingerprint density at radius 1 is 1.25 bits per heavy atom. The second-order valence-corrected chi connectivity index (χ2v) is 5.30. The molecule has 0 radical (unpaired) electrons. The van der Waals surface area contributed by atoms with Crippen molar-refractivity contribution in [3.8, 4) is 0 Å². The molecule has 0 aromatic heterocycles. The summed E-state index contributed by atoms with van der Waals surface area (Å²) in [6, 6.07) is 9.17. The molecule has 88 valence electrons. The molecule has 0 atom stereocenters. The van der Waals surface area contributed by atoms with Gasteiger partial charge in [-0.15, -0.1) is 0 Å². The van der Waals surface area contributed by atoms with Crippen molar-refractivity contribution in [2.75, 3.05) is 6.54 Å². The molecule has 1 rings (SSSR count). The van der Waals surface area contributed by atoms with Crippen LogP contribution in [0.1, 0.15) is 18.9 Å². The fraction of sp³-hybridized carbons (Fsp3) is 0.333. The summed E-state index contributed by atoms with van der Waals surface area (Å²) in [6.45, 7) is 2.37. The third kappa shape index (κ3) is 5.09. The maximum atomic E-state index is 11.6. The fourth-order valence-electron chi connectivity index (χ4n) is 1.31. The van der Waals surface area contributed by atoms with Gasteiger partial charge in [-0.3, -0.25) is 0 Å². The zero-order valence-corrected chi connectivity index (χ0v) is 10.2. The molecular formula is C12H17NO2S. The van der Waals surface area contributed by atoms with E-state index in [9.17, 15) is 8.42 Å². The average Bonchev–Trinajstić information content (AvgIpc) is 2.25. The van der Waals surface area contributed by atoms with Crippen LogP contribution in [0.2, 0.25) is 0 Å². The number of benzene rings is 1. The van der Waals surface area contributed by atoms with Crippen LogP contribution in [0.4, 0.5) is 0 Å². The lowest BCUT2D eigenvalue weighted by Crippen LogP contribution is -2.25. The van der Waals surface area contributed by atoms with Crippen molar-refractivity contribution < 1.29 is 8.42 Å². The molecule has 3 nitrogen and oxygen atoms in total. The molecular weight excluding hydrogens is 222 g/mol. The number of hydrogen-bond acceptors (Lipinski definition) is 2. The van der Waals surface area contributed by atoms with Gasteiger partial charge in [0.1, 0.15) is 0 Å². The standard InChI is InChI=1S/C12H17NO2S/c1-2-3-7-10-13-16(14,15)11-12-8-5-4-6-9-12/h2-6,8-9,13H,7,10-11H2,1H3/b3-2+. The molecule has 0 amide bonds. The topological polar surface area (TPSA) is 46.2 Å². The third-order valence-corrected chi connectivity index (χ3v) is 3.43. The number of rotatable bonds is 6. The minimum Gasteiger partial charge on any atom is -0.215 e. The van der Waals surface area contributed by atoms with Crippen LogP contribution in [0, 0.1) is 0 Å². The first-order valence-corrected chi connectivity index (χ1v) is 6.92. The van der Waals surface area contributed by atoms with Gasteiger partial charge < -0.3 is 0 Å². The highest BCUT2D eigenvalue weighted by atomic mass is 32.2. The molecule has 0 aliphatic carbocycles. The van der Waals surface area contributed by atoms with Crippen molar-refractivity contribution in [2.24, 2.45) is 0 Å². The van der Waals surface area contributed by atoms with E-state index < -0.39 is 10.0 Å². The molecule has 1 N–H and O–H groups in total. The van der Waals surface area contributed by atoms with Crippen molar-refractivity contribution >= 4 is 10.0 Å². The molecule has 0 heterocycles. The maximum Gasteiger partial charge on any atom is 0.215 e. The van der Waals surface area contributed by atoms with Gasteiger partial charge in [0.15, 0.2) is 0 Å². The molecule has 0 fully saturated rings. The predicted octanol–water partition coefficient (Wildman–Crippen LogP) is 2.07. The summed E-state index contributed by atoms with van der Waals surface area (Å²) < 4.78 is 25.8. The Balaban J connectivity index is 2.46. The Kier molecular flexibility index (Phi) is 5.22. The SMILES string of the molecule is C/C=C/CCNS(=O)(=O)Cc1ccccc1. The van der Waals surface area contributed by atoms with E-state index >= 15 is 0 Å². The summed E-state index contributed by atoms with van der Waals surface area (Å²) >= 11 is 0. The molecule has 0 aliphatic heterocycles. The van der Waals surface area contributed by atoms with Crippen molar-refractivity contribution in [3.63, 3.8) is 0 Å². The third-order valence-electron chi connectivity index (χ3n) is 2.07. The van der Waals surface area contributed by atoms with E-state index in [1.54, 1.807) is 0 Å². The number of sulfonamides is 1. The van der Waals surface area contributed by atoms with Gasteiger partial charge in [-0.25, -0.2) is 13.1 Å². The van der Waals surface area contributed by atoms with Gasteiger partial charge in [-0.05, 0) is 18.9 Å². The smallest absolute Gasteiger partial charge is 0.215 e. The van der Waals surface area contributed by atoms with E-state index in [1.165, 1.54) is 0 Å². The second kappa shape index (κ2) is 6.45. The number of allylic oxidation sites excluding steroid dienone is 1. The van der Waals surface area contributed by atoms with Gasteiger partial charge >= 0.3 is 0 Å². The summed E-state index contributed by atoms with van der Waals surface area (Å²) in [5.41, 5.74) is 0.807. The highest BCUT2D eigenvalue weighted by Gasteiger charge is 2.09. The first-order chi connectivity index (χ1) is 7.64. The van der Waals surface area contributed by atoms with E-state index in [0.717, 1.165) is 12.0 Å². The Morgan fingerprint density at radius 2 is 1.94 bits per heavy atom. The Hall–Kier alpha value is -1.13. The molecule has 0 saturated heterocycles. The van der Waals surface area contributed by atoms with E-state index in [1.807, 2.05) is 49.4 Å². The van der Waals surface area contributed by atoms with Crippen LogP contribution in [0.3, 0.4) is 0 Å². The first kappa shape index (κ1) is 12.9. The molecule has 0 bridgehead atoms. The van der Waals surface area contributed by atoms with Gasteiger partial charge in [0.05, 0.1) is 5.75 Å². The van der Waals surface area contributed by atoms with E-state index in [0.29, 0.717) is 6.54 Å². The van der Waals surface area contributed by atoms with E-state index in [4.69, 9.17) is 0 Å². The van der Waals surface area contributed by atoms with Crippen LogP contribution < -0.4 is 4.72 Å². The Morgan fingerprint density at radius 3 is 2.56 bits per heavy atom. The maximum absolute atomic E-state index is 11.6. The lowest BCUT2D eigenvalue weighted by atomic mass is 10.2. The summed E-state index contributed by atoms with van der Waals surface area (Å²) in [6.07, 6.45) is 4.57. The zero-order valence-electron chi connectivity index (χ0n) is 9.39. The molecule has 1 aromatic rings. The minimum atomic E-state index is -3.20. The average molecular weight is 239 g/mol. The van der Waals surface area contributed by atoms with Gasteiger partial charge in [0, 0.05) is 6.54 Å². The normalized spacial score (nSPS) is 12.1. The summed E-state index contributed by atoms with van der Waals surface area (Å²) in [7, 11) is -3.20. The lowest BCUT2D eigenvalue weighted by molar-refractivity contribution is 0.581. The van der Waals surface area contributed by atoms with Gasteiger partial charge in [0.25, 0.3) is 0 Å². The molecule has 0 unspecified atom stereocenters. The van der Waals surface area contributed by atoms with Gasteiger partial charge in [0.2, 0.25) is 10.0 Å².